The summed E-state index contributed by atoms with van der Waals surface area (Å²) in [4.78, 5) is 13.1. The summed E-state index contributed by atoms with van der Waals surface area (Å²) in [5.74, 6) is 0.0116. The van der Waals surface area contributed by atoms with Gasteiger partial charge in [-0.2, -0.15) is 0 Å². The first-order valence-corrected chi connectivity index (χ1v) is 12.3. The summed E-state index contributed by atoms with van der Waals surface area (Å²) in [5, 5.41) is 3.45. The van der Waals surface area contributed by atoms with Gasteiger partial charge in [-0.05, 0) is 66.0 Å². The Morgan fingerprint density at radius 1 is 0.941 bits per heavy atom. The second kappa shape index (κ2) is 9.32. The number of anilines is 2. The van der Waals surface area contributed by atoms with Crippen LogP contribution in [0.25, 0.3) is 10.1 Å². The minimum atomic E-state index is -3.88. The molecule has 4 rings (SSSR count). The number of thiophene rings is 1. The van der Waals surface area contributed by atoms with E-state index in [1.165, 1.54) is 79.4 Å². The van der Waals surface area contributed by atoms with Gasteiger partial charge in [0.15, 0.2) is 11.5 Å². The Kier molecular flexibility index (Phi) is 6.45. The number of sulfonamides is 1. The molecule has 0 unspecified atom stereocenters. The summed E-state index contributed by atoms with van der Waals surface area (Å²) < 4.78 is 51.9. The van der Waals surface area contributed by atoms with Gasteiger partial charge in [-0.15, -0.1) is 11.3 Å². The number of amides is 1. The topological polar surface area (TPSA) is 84.9 Å². The van der Waals surface area contributed by atoms with Gasteiger partial charge >= 0.3 is 0 Å². The SMILES string of the molecule is COc1ccc(S(=O)(=O)N(C)c2ccc3sc(C(=O)Nc4ccc(F)cc4)cc3c2)cc1OC. The molecule has 0 aliphatic heterocycles. The summed E-state index contributed by atoms with van der Waals surface area (Å²) in [5.41, 5.74) is 0.913. The van der Waals surface area contributed by atoms with Gasteiger partial charge in [-0.1, -0.05) is 0 Å². The lowest BCUT2D eigenvalue weighted by molar-refractivity contribution is 0.103. The normalized spacial score (nSPS) is 11.3. The number of hydrogen-bond donors (Lipinski definition) is 1. The average Bonchev–Trinajstić information content (AvgIpc) is 3.28. The highest BCUT2D eigenvalue weighted by molar-refractivity contribution is 7.92. The highest BCUT2D eigenvalue weighted by Gasteiger charge is 2.24. The van der Waals surface area contributed by atoms with Crippen molar-refractivity contribution in [2.45, 2.75) is 4.90 Å². The minimum absolute atomic E-state index is 0.0532. The van der Waals surface area contributed by atoms with Crippen molar-refractivity contribution in [2.75, 3.05) is 30.9 Å². The molecule has 0 aliphatic carbocycles. The lowest BCUT2D eigenvalue weighted by Gasteiger charge is -2.20. The molecule has 0 fully saturated rings. The van der Waals surface area contributed by atoms with Gasteiger partial charge in [0.25, 0.3) is 15.9 Å². The largest absolute Gasteiger partial charge is 0.493 e. The van der Waals surface area contributed by atoms with E-state index in [2.05, 4.69) is 5.32 Å². The van der Waals surface area contributed by atoms with Crippen molar-refractivity contribution in [1.29, 1.82) is 0 Å². The number of nitrogens with zero attached hydrogens (tertiary/aromatic N) is 1. The van der Waals surface area contributed by atoms with E-state index in [1.54, 1.807) is 24.3 Å². The quantitative estimate of drug-likeness (QED) is 0.380. The van der Waals surface area contributed by atoms with Crippen molar-refractivity contribution in [3.05, 3.63) is 77.4 Å². The van der Waals surface area contributed by atoms with E-state index in [9.17, 15) is 17.6 Å². The van der Waals surface area contributed by atoms with Crippen LogP contribution in [-0.4, -0.2) is 35.6 Å². The Morgan fingerprint density at radius 2 is 1.65 bits per heavy atom. The van der Waals surface area contributed by atoms with Crippen LogP contribution in [0.5, 0.6) is 11.5 Å². The zero-order chi connectivity index (χ0) is 24.5. The number of carbonyl (C=O) groups is 1. The summed E-state index contributed by atoms with van der Waals surface area (Å²) in [6.45, 7) is 0. The highest BCUT2D eigenvalue weighted by Crippen LogP contribution is 2.34. The number of hydrogen-bond acceptors (Lipinski definition) is 6. The Bertz CT molecular complexity index is 1470. The fraction of sp³-hybridized carbons (Fsp3) is 0.125. The third-order valence-electron chi connectivity index (χ3n) is 5.20. The predicted octanol–water partition coefficient (Wildman–Crippen LogP) is 5.14. The Morgan fingerprint density at radius 3 is 2.32 bits per heavy atom. The Labute approximate surface area is 200 Å². The molecule has 1 heterocycles. The van der Waals surface area contributed by atoms with E-state index in [0.29, 0.717) is 27.8 Å². The van der Waals surface area contributed by atoms with Gasteiger partial charge in [0.2, 0.25) is 0 Å². The summed E-state index contributed by atoms with van der Waals surface area (Å²) in [6.07, 6.45) is 0. The van der Waals surface area contributed by atoms with Gasteiger partial charge in [-0.3, -0.25) is 9.10 Å². The van der Waals surface area contributed by atoms with Crippen LogP contribution in [0, 0.1) is 5.82 Å². The van der Waals surface area contributed by atoms with E-state index < -0.39 is 10.0 Å². The molecule has 0 bridgehead atoms. The number of methoxy groups -OCH3 is 2. The van der Waals surface area contributed by atoms with E-state index in [0.717, 1.165) is 10.1 Å². The number of nitrogens with one attached hydrogen (secondary N) is 1. The lowest BCUT2D eigenvalue weighted by Crippen LogP contribution is -2.26. The second-order valence-electron chi connectivity index (χ2n) is 7.28. The maximum Gasteiger partial charge on any atom is 0.265 e. The van der Waals surface area contributed by atoms with E-state index in [-0.39, 0.29) is 16.6 Å². The molecule has 1 amide bonds. The summed E-state index contributed by atoms with van der Waals surface area (Å²) >= 11 is 1.28. The maximum absolute atomic E-state index is 13.2. The molecule has 34 heavy (non-hydrogen) atoms. The van der Waals surface area contributed by atoms with E-state index >= 15 is 0 Å². The van der Waals surface area contributed by atoms with Crippen LogP contribution in [0.1, 0.15) is 9.67 Å². The molecule has 0 aliphatic rings. The maximum atomic E-state index is 13.2. The molecule has 1 N–H and O–H groups in total. The van der Waals surface area contributed by atoms with Crippen molar-refractivity contribution in [3.8, 4) is 11.5 Å². The van der Waals surface area contributed by atoms with Crippen molar-refractivity contribution < 1.29 is 27.1 Å². The fourth-order valence-electron chi connectivity index (χ4n) is 3.34. The van der Waals surface area contributed by atoms with Crippen LogP contribution >= 0.6 is 11.3 Å². The zero-order valence-corrected chi connectivity index (χ0v) is 20.2. The minimum Gasteiger partial charge on any atom is -0.493 e. The number of rotatable bonds is 7. The Hall–Kier alpha value is -3.63. The van der Waals surface area contributed by atoms with Gasteiger partial charge in [0.1, 0.15) is 5.82 Å². The number of halogens is 1. The van der Waals surface area contributed by atoms with Crippen molar-refractivity contribution in [3.63, 3.8) is 0 Å². The van der Waals surface area contributed by atoms with Crippen molar-refractivity contribution in [1.82, 2.24) is 0 Å². The monoisotopic (exact) mass is 500 g/mol. The van der Waals surface area contributed by atoms with Crippen LogP contribution in [-0.2, 0) is 10.0 Å². The molecule has 0 spiro atoms. The van der Waals surface area contributed by atoms with Crippen LogP contribution in [0.15, 0.2) is 71.6 Å². The number of fused-ring (bicyclic) bond motifs is 1. The predicted molar refractivity (Wildman–Crippen MR) is 131 cm³/mol. The molecule has 7 nitrogen and oxygen atoms in total. The fourth-order valence-corrected chi connectivity index (χ4v) is 5.48. The second-order valence-corrected chi connectivity index (χ2v) is 10.3. The first-order valence-electron chi connectivity index (χ1n) is 10.0. The first-order chi connectivity index (χ1) is 16.2. The molecule has 3 aromatic carbocycles. The van der Waals surface area contributed by atoms with E-state index in [4.69, 9.17) is 9.47 Å². The number of benzene rings is 3. The van der Waals surface area contributed by atoms with Gasteiger partial charge < -0.3 is 14.8 Å². The van der Waals surface area contributed by atoms with Crippen LogP contribution < -0.4 is 19.1 Å². The standard InChI is InChI=1S/C24H21FN2O5S2/c1-27(34(29,30)19-9-10-20(31-2)21(14-19)32-3)18-8-11-22-15(12-18)13-23(33-22)24(28)26-17-6-4-16(25)5-7-17/h4-14H,1-3H3,(H,26,28). The summed E-state index contributed by atoms with van der Waals surface area (Å²) in [7, 11) is 0.491. The molecule has 0 saturated carbocycles. The van der Waals surface area contributed by atoms with Gasteiger partial charge in [0, 0.05) is 23.5 Å². The van der Waals surface area contributed by atoms with Crippen LogP contribution in [0.2, 0.25) is 0 Å². The molecule has 10 heteroatoms. The zero-order valence-electron chi connectivity index (χ0n) is 18.5. The molecular weight excluding hydrogens is 479 g/mol. The third-order valence-corrected chi connectivity index (χ3v) is 8.10. The van der Waals surface area contributed by atoms with Gasteiger partial charge in [-0.25, -0.2) is 12.8 Å². The molecule has 0 radical (unpaired) electrons. The molecular formula is C24H21FN2O5S2. The summed E-state index contributed by atoms with van der Waals surface area (Å²) in [6, 6.07) is 16.7. The van der Waals surface area contributed by atoms with Crippen molar-refractivity contribution >= 4 is 48.7 Å². The first kappa shape index (κ1) is 23.5. The molecule has 0 saturated heterocycles. The lowest BCUT2D eigenvalue weighted by atomic mass is 10.2. The van der Waals surface area contributed by atoms with E-state index in [1.807, 2.05) is 0 Å². The third kappa shape index (κ3) is 4.55. The smallest absolute Gasteiger partial charge is 0.265 e. The molecule has 1 aromatic heterocycles. The van der Waals surface area contributed by atoms with Crippen LogP contribution in [0.4, 0.5) is 15.8 Å². The highest BCUT2D eigenvalue weighted by atomic mass is 32.2. The van der Waals surface area contributed by atoms with Crippen LogP contribution in [0.3, 0.4) is 0 Å². The van der Waals surface area contributed by atoms with Gasteiger partial charge in [0.05, 0.1) is 29.7 Å². The Balaban J connectivity index is 1.61. The number of ether oxygens (including phenoxy) is 2. The number of carbonyl (C=O) groups excluding carboxylic acids is 1. The molecule has 4 aromatic rings. The molecule has 0 atom stereocenters. The van der Waals surface area contributed by atoms with Crippen molar-refractivity contribution in [2.24, 2.45) is 0 Å². The molecule has 176 valence electrons. The average molecular weight is 501 g/mol.